The maximum absolute atomic E-state index is 6.13. The van der Waals surface area contributed by atoms with Crippen molar-refractivity contribution in [3.05, 3.63) is 33.8 Å². The fourth-order valence-electron chi connectivity index (χ4n) is 1.37. The smallest absolute Gasteiger partial charge is 0.200 e. The van der Waals surface area contributed by atoms with E-state index in [1.54, 1.807) is 6.07 Å². The zero-order valence-electron chi connectivity index (χ0n) is 9.55. The zero-order valence-corrected chi connectivity index (χ0v) is 14.0. The maximum Gasteiger partial charge on any atom is 0.200 e. The van der Waals surface area contributed by atoms with E-state index in [0.29, 0.717) is 14.5 Å². The van der Waals surface area contributed by atoms with Gasteiger partial charge in [-0.15, -0.1) is 6.42 Å². The van der Waals surface area contributed by atoms with Crippen molar-refractivity contribution in [1.82, 2.24) is 0 Å². The van der Waals surface area contributed by atoms with Gasteiger partial charge in [-0.05, 0) is 18.1 Å². The van der Waals surface area contributed by atoms with Gasteiger partial charge in [-0.1, -0.05) is 29.3 Å². The highest BCUT2D eigenvalue weighted by molar-refractivity contribution is 14.1. The molecule has 0 aromatic heterocycles. The van der Waals surface area contributed by atoms with Gasteiger partial charge in [0.05, 0.1) is 19.1 Å². The van der Waals surface area contributed by atoms with Crippen LogP contribution in [0.3, 0.4) is 0 Å². The molecule has 0 aliphatic rings. The zero-order chi connectivity index (χ0) is 12.3. The van der Waals surface area contributed by atoms with Crippen LogP contribution in [0.25, 0.3) is 0 Å². The molecule has 1 nitrogen and oxygen atoms in total. The van der Waals surface area contributed by atoms with Crippen LogP contribution in [0.1, 0.15) is 5.56 Å². The normalized spacial score (nSPS) is 12.5. The first-order valence-corrected chi connectivity index (χ1v) is 6.74. The monoisotopic (exact) mass is 403 g/mol. The van der Waals surface area contributed by atoms with E-state index < -0.39 is 0 Å². The Bertz CT molecular complexity index is 426. The molecule has 1 rings (SSSR count). The van der Waals surface area contributed by atoms with Gasteiger partial charge in [0, 0.05) is 33.2 Å². The molecule has 1 aromatic carbocycles. The lowest BCUT2D eigenvalue weighted by Crippen LogP contribution is -3.00. The standard InChI is InChI=1S/C12H13Cl2IN.ClH/c1-4-12(15)16(2,3)8-9-5-6-10(13)7-11(9)14;/h1,5-7,12H,8H2,2-3H3;1H/q+1;/p-1. The summed E-state index contributed by atoms with van der Waals surface area (Å²) in [4.78, 5) is 0. The van der Waals surface area contributed by atoms with Crippen LogP contribution in [0.15, 0.2) is 18.2 Å². The van der Waals surface area contributed by atoms with Gasteiger partial charge < -0.3 is 16.9 Å². The van der Waals surface area contributed by atoms with Crippen molar-refractivity contribution in [2.24, 2.45) is 0 Å². The summed E-state index contributed by atoms with van der Waals surface area (Å²) in [5.74, 6) is 2.75. The van der Waals surface area contributed by atoms with E-state index in [0.717, 1.165) is 12.1 Å². The predicted molar refractivity (Wildman–Crippen MR) is 78.9 cm³/mol. The van der Waals surface area contributed by atoms with Crippen molar-refractivity contribution in [3.8, 4) is 12.3 Å². The first kappa shape index (κ1) is 17.3. The Morgan fingerprint density at radius 2 is 2.00 bits per heavy atom. The summed E-state index contributed by atoms with van der Waals surface area (Å²) in [6, 6.07) is 5.56. The summed E-state index contributed by atoms with van der Waals surface area (Å²) in [6.07, 6.45) is 5.45. The minimum atomic E-state index is 0. The first-order chi connectivity index (χ1) is 7.36. The highest BCUT2D eigenvalue weighted by atomic mass is 127. The Labute approximate surface area is 133 Å². The summed E-state index contributed by atoms with van der Waals surface area (Å²) < 4.78 is 0.808. The Kier molecular flexibility index (Phi) is 7.20. The number of terminal acetylenes is 1. The van der Waals surface area contributed by atoms with Crippen LogP contribution < -0.4 is 12.4 Å². The quantitative estimate of drug-likeness (QED) is 0.232. The largest absolute Gasteiger partial charge is 1.00 e. The van der Waals surface area contributed by atoms with Crippen LogP contribution in [0.2, 0.25) is 10.0 Å². The van der Waals surface area contributed by atoms with Gasteiger partial charge in [0.1, 0.15) is 6.54 Å². The fourth-order valence-corrected chi connectivity index (χ4v) is 2.04. The van der Waals surface area contributed by atoms with Crippen LogP contribution in [-0.4, -0.2) is 22.6 Å². The Balaban J connectivity index is 0.00000256. The minimum absolute atomic E-state index is 0. The van der Waals surface area contributed by atoms with Gasteiger partial charge in [0.25, 0.3) is 0 Å². The van der Waals surface area contributed by atoms with E-state index in [1.165, 1.54) is 0 Å². The number of hydrogen-bond acceptors (Lipinski definition) is 0. The lowest BCUT2D eigenvalue weighted by Gasteiger charge is -2.32. The number of hydrogen-bond donors (Lipinski definition) is 0. The predicted octanol–water partition coefficient (Wildman–Crippen LogP) is 0.968. The van der Waals surface area contributed by atoms with E-state index in [1.807, 2.05) is 12.1 Å². The number of benzene rings is 1. The number of halogens is 4. The van der Waals surface area contributed by atoms with Crippen molar-refractivity contribution in [2.45, 2.75) is 10.6 Å². The van der Waals surface area contributed by atoms with Crippen molar-refractivity contribution >= 4 is 45.8 Å². The summed E-state index contributed by atoms with van der Waals surface area (Å²) >= 11 is 14.2. The van der Waals surface area contributed by atoms with Gasteiger partial charge in [0.2, 0.25) is 0 Å². The average molecular weight is 405 g/mol. The Morgan fingerprint density at radius 1 is 1.41 bits per heavy atom. The van der Waals surface area contributed by atoms with Gasteiger partial charge in [-0.3, -0.25) is 0 Å². The van der Waals surface area contributed by atoms with Crippen molar-refractivity contribution < 1.29 is 16.9 Å². The van der Waals surface area contributed by atoms with Gasteiger partial charge >= 0.3 is 0 Å². The number of rotatable bonds is 3. The van der Waals surface area contributed by atoms with Crippen LogP contribution in [0, 0.1) is 12.3 Å². The third kappa shape index (κ3) is 4.84. The Morgan fingerprint density at radius 3 is 2.47 bits per heavy atom. The average Bonchev–Trinajstić information content (AvgIpc) is 2.21. The molecule has 1 unspecified atom stereocenters. The molecular formula is C12H13Cl3IN. The second-order valence-electron chi connectivity index (χ2n) is 4.17. The molecule has 1 atom stereocenters. The van der Waals surface area contributed by atoms with Crippen molar-refractivity contribution in [1.29, 1.82) is 0 Å². The maximum atomic E-state index is 6.13. The van der Waals surface area contributed by atoms with E-state index in [9.17, 15) is 0 Å². The molecule has 1 aromatic rings. The lowest BCUT2D eigenvalue weighted by molar-refractivity contribution is -0.902. The van der Waals surface area contributed by atoms with E-state index in [-0.39, 0.29) is 16.5 Å². The number of nitrogens with zero attached hydrogens (tertiary/aromatic N) is 1. The molecule has 0 aliphatic carbocycles. The molecule has 0 amide bonds. The number of alkyl halides is 1. The molecule has 17 heavy (non-hydrogen) atoms. The molecule has 0 saturated carbocycles. The summed E-state index contributed by atoms with van der Waals surface area (Å²) in [7, 11) is 4.17. The van der Waals surface area contributed by atoms with E-state index in [4.69, 9.17) is 29.6 Å². The van der Waals surface area contributed by atoms with Crippen molar-refractivity contribution in [3.63, 3.8) is 0 Å². The van der Waals surface area contributed by atoms with Gasteiger partial charge in [-0.2, -0.15) is 0 Å². The fraction of sp³-hybridized carbons (Fsp3) is 0.333. The third-order valence-electron chi connectivity index (χ3n) is 2.34. The van der Waals surface area contributed by atoms with Crippen LogP contribution in [-0.2, 0) is 6.54 Å². The Hall–Kier alpha value is 0.340. The second kappa shape index (κ2) is 7.06. The molecule has 0 bridgehead atoms. The molecular weight excluding hydrogens is 391 g/mol. The molecule has 0 radical (unpaired) electrons. The topological polar surface area (TPSA) is 0 Å². The molecule has 0 fully saturated rings. The molecule has 0 heterocycles. The molecule has 94 valence electrons. The van der Waals surface area contributed by atoms with Gasteiger partial charge in [-0.25, -0.2) is 0 Å². The number of quaternary nitrogens is 1. The third-order valence-corrected chi connectivity index (χ3v) is 4.80. The van der Waals surface area contributed by atoms with E-state index in [2.05, 4.69) is 42.6 Å². The first-order valence-electron chi connectivity index (χ1n) is 4.73. The van der Waals surface area contributed by atoms with Crippen LogP contribution >= 0.6 is 45.8 Å². The van der Waals surface area contributed by atoms with Gasteiger partial charge in [0.15, 0.2) is 4.05 Å². The highest BCUT2D eigenvalue weighted by Gasteiger charge is 2.24. The van der Waals surface area contributed by atoms with Crippen LogP contribution in [0.4, 0.5) is 0 Å². The molecule has 5 heteroatoms. The second-order valence-corrected chi connectivity index (χ2v) is 6.20. The molecule has 0 aliphatic heterocycles. The summed E-state index contributed by atoms with van der Waals surface area (Å²) in [5, 5.41) is 1.35. The van der Waals surface area contributed by atoms with E-state index >= 15 is 0 Å². The summed E-state index contributed by atoms with van der Waals surface area (Å²) in [5.41, 5.74) is 1.06. The highest BCUT2D eigenvalue weighted by Crippen LogP contribution is 2.25. The van der Waals surface area contributed by atoms with Crippen LogP contribution in [0.5, 0.6) is 0 Å². The lowest BCUT2D eigenvalue weighted by atomic mass is 10.2. The molecule has 0 spiro atoms. The summed E-state index contributed by atoms with van der Waals surface area (Å²) in [6.45, 7) is 0.786. The van der Waals surface area contributed by atoms with Crippen molar-refractivity contribution in [2.75, 3.05) is 14.1 Å². The molecule has 0 saturated heterocycles. The SMILES string of the molecule is C#CC(I)[N+](C)(C)Cc1ccc(Cl)cc1Cl.[Cl-]. The minimum Gasteiger partial charge on any atom is -1.00 e. The molecule has 0 N–H and O–H groups in total.